The molecule has 0 saturated carbocycles. The van der Waals surface area contributed by atoms with Crippen LogP contribution in [0.15, 0.2) is 6.33 Å². The monoisotopic (exact) mass is 260 g/mol. The minimum Gasteiger partial charge on any atom is -0.355 e. The van der Waals surface area contributed by atoms with Gasteiger partial charge in [0.25, 0.3) is 0 Å². The van der Waals surface area contributed by atoms with Crippen molar-refractivity contribution in [2.45, 2.75) is 25.7 Å². The van der Waals surface area contributed by atoms with E-state index in [9.17, 15) is 0 Å². The second kappa shape index (κ2) is 5.03. The molecule has 3 rings (SSSR count). The van der Waals surface area contributed by atoms with Gasteiger partial charge in [-0.1, -0.05) is 12.8 Å². The molecule has 102 valence electrons. The number of nitrogens with zero attached hydrogens (tertiary/aromatic N) is 5. The van der Waals surface area contributed by atoms with Gasteiger partial charge in [0.1, 0.15) is 5.52 Å². The third-order valence-electron chi connectivity index (χ3n) is 3.56. The van der Waals surface area contributed by atoms with Crippen LogP contribution in [0.4, 0.5) is 11.8 Å². The summed E-state index contributed by atoms with van der Waals surface area (Å²) in [5.74, 6) is 1.71. The number of fused-ring (bicyclic) bond motifs is 1. The number of anilines is 2. The van der Waals surface area contributed by atoms with E-state index >= 15 is 0 Å². The molecule has 0 radical (unpaired) electrons. The summed E-state index contributed by atoms with van der Waals surface area (Å²) in [6, 6.07) is 0. The molecule has 0 bridgehead atoms. The molecule has 0 atom stereocenters. The minimum absolute atomic E-state index is 0.721. The molecule has 19 heavy (non-hydrogen) atoms. The van der Waals surface area contributed by atoms with Crippen molar-refractivity contribution in [3.63, 3.8) is 0 Å². The Morgan fingerprint density at radius 1 is 1.11 bits per heavy atom. The van der Waals surface area contributed by atoms with Crippen LogP contribution in [0.25, 0.3) is 11.2 Å². The van der Waals surface area contributed by atoms with Gasteiger partial charge in [-0.2, -0.15) is 9.97 Å². The number of aromatic nitrogens is 4. The maximum Gasteiger partial charge on any atom is 0.228 e. The average molecular weight is 260 g/mol. The van der Waals surface area contributed by atoms with E-state index in [1.165, 1.54) is 25.7 Å². The van der Waals surface area contributed by atoms with Gasteiger partial charge in [-0.15, -0.1) is 0 Å². The van der Waals surface area contributed by atoms with Gasteiger partial charge in [0, 0.05) is 27.2 Å². The summed E-state index contributed by atoms with van der Waals surface area (Å²) in [6.07, 6.45) is 6.79. The third kappa shape index (κ3) is 2.34. The standard InChI is InChI=1S/C13H20N6/c1-18(2)13-16-11-10(14-9-15-11)12(17-13)19-7-5-3-4-6-8-19/h9H,3-8H2,1-2H3,(H,14,15,16,17). The lowest BCUT2D eigenvalue weighted by atomic mass is 10.2. The molecule has 2 aromatic heterocycles. The van der Waals surface area contributed by atoms with Crippen molar-refractivity contribution in [3.05, 3.63) is 6.33 Å². The fourth-order valence-corrected chi connectivity index (χ4v) is 2.52. The summed E-state index contributed by atoms with van der Waals surface area (Å²) in [7, 11) is 3.92. The van der Waals surface area contributed by atoms with Gasteiger partial charge in [0.05, 0.1) is 6.33 Å². The van der Waals surface area contributed by atoms with Crippen molar-refractivity contribution in [2.75, 3.05) is 37.0 Å². The van der Waals surface area contributed by atoms with E-state index in [1.54, 1.807) is 6.33 Å². The minimum atomic E-state index is 0.721. The largest absolute Gasteiger partial charge is 0.355 e. The fourth-order valence-electron chi connectivity index (χ4n) is 2.52. The van der Waals surface area contributed by atoms with Gasteiger partial charge in [0.15, 0.2) is 11.5 Å². The maximum atomic E-state index is 4.71. The van der Waals surface area contributed by atoms with Gasteiger partial charge in [0.2, 0.25) is 5.95 Å². The predicted octanol–water partition coefficient (Wildman–Crippen LogP) is 1.80. The number of H-pyrrole nitrogens is 1. The van der Waals surface area contributed by atoms with Gasteiger partial charge in [-0.05, 0) is 12.8 Å². The first-order valence-corrected chi connectivity index (χ1v) is 6.89. The summed E-state index contributed by atoms with van der Waals surface area (Å²) < 4.78 is 0. The molecule has 1 aliphatic heterocycles. The zero-order valence-electron chi connectivity index (χ0n) is 11.6. The Balaban J connectivity index is 2.06. The topological polar surface area (TPSA) is 60.9 Å². The number of rotatable bonds is 2. The molecule has 1 N–H and O–H groups in total. The first kappa shape index (κ1) is 12.2. The molecule has 1 fully saturated rings. The highest BCUT2D eigenvalue weighted by Gasteiger charge is 2.18. The summed E-state index contributed by atoms with van der Waals surface area (Å²) >= 11 is 0. The quantitative estimate of drug-likeness (QED) is 0.892. The molecule has 0 aromatic carbocycles. The van der Waals surface area contributed by atoms with Crippen LogP contribution in [-0.2, 0) is 0 Å². The second-order valence-electron chi connectivity index (χ2n) is 5.24. The van der Waals surface area contributed by atoms with E-state index in [4.69, 9.17) is 4.98 Å². The van der Waals surface area contributed by atoms with E-state index in [0.717, 1.165) is 36.0 Å². The zero-order valence-corrected chi connectivity index (χ0v) is 11.6. The molecule has 6 nitrogen and oxygen atoms in total. The van der Waals surface area contributed by atoms with Crippen LogP contribution in [0.2, 0.25) is 0 Å². The Morgan fingerprint density at radius 2 is 1.84 bits per heavy atom. The summed E-state index contributed by atoms with van der Waals surface area (Å²) in [5, 5.41) is 0. The fraction of sp³-hybridized carbons (Fsp3) is 0.615. The number of hydrogen-bond acceptors (Lipinski definition) is 5. The van der Waals surface area contributed by atoms with Crippen molar-refractivity contribution >= 4 is 22.9 Å². The first-order valence-electron chi connectivity index (χ1n) is 6.89. The highest BCUT2D eigenvalue weighted by molar-refractivity contribution is 5.84. The van der Waals surface area contributed by atoms with Crippen molar-refractivity contribution in [3.8, 4) is 0 Å². The van der Waals surface area contributed by atoms with Crippen LogP contribution < -0.4 is 9.80 Å². The number of nitrogens with one attached hydrogen (secondary N) is 1. The lowest BCUT2D eigenvalue weighted by Gasteiger charge is -2.23. The first-order chi connectivity index (χ1) is 9.25. The van der Waals surface area contributed by atoms with E-state index in [2.05, 4.69) is 19.9 Å². The van der Waals surface area contributed by atoms with Gasteiger partial charge < -0.3 is 14.8 Å². The molecular formula is C13H20N6. The van der Waals surface area contributed by atoms with Crippen LogP contribution >= 0.6 is 0 Å². The van der Waals surface area contributed by atoms with Crippen LogP contribution in [0.3, 0.4) is 0 Å². The molecule has 6 heteroatoms. The summed E-state index contributed by atoms with van der Waals surface area (Å²) in [4.78, 5) is 20.9. The molecule has 1 aliphatic rings. The average Bonchev–Trinajstić information content (AvgIpc) is 2.71. The maximum absolute atomic E-state index is 4.71. The van der Waals surface area contributed by atoms with E-state index in [-0.39, 0.29) is 0 Å². The molecule has 0 amide bonds. The Hall–Kier alpha value is -1.85. The lowest BCUT2D eigenvalue weighted by Crippen LogP contribution is -2.26. The summed E-state index contributed by atoms with van der Waals surface area (Å²) in [6.45, 7) is 2.13. The van der Waals surface area contributed by atoms with Gasteiger partial charge in [-0.25, -0.2) is 4.98 Å². The SMILES string of the molecule is CN(C)c1nc(N2CCCCCC2)c2[nH]cnc2n1. The van der Waals surface area contributed by atoms with Crippen LogP contribution in [0, 0.1) is 0 Å². The second-order valence-corrected chi connectivity index (χ2v) is 5.24. The highest BCUT2D eigenvalue weighted by atomic mass is 15.3. The number of imidazole rings is 1. The zero-order chi connectivity index (χ0) is 13.2. The Labute approximate surface area is 112 Å². The molecule has 0 unspecified atom stereocenters. The molecule has 1 saturated heterocycles. The van der Waals surface area contributed by atoms with Crippen molar-refractivity contribution in [1.82, 2.24) is 19.9 Å². The van der Waals surface area contributed by atoms with E-state index in [1.807, 2.05) is 19.0 Å². The van der Waals surface area contributed by atoms with Crippen molar-refractivity contribution in [2.24, 2.45) is 0 Å². The third-order valence-corrected chi connectivity index (χ3v) is 3.56. The van der Waals surface area contributed by atoms with E-state index < -0.39 is 0 Å². The number of hydrogen-bond donors (Lipinski definition) is 1. The van der Waals surface area contributed by atoms with Gasteiger partial charge >= 0.3 is 0 Å². The van der Waals surface area contributed by atoms with Crippen molar-refractivity contribution < 1.29 is 0 Å². The van der Waals surface area contributed by atoms with Crippen LogP contribution in [0.1, 0.15) is 25.7 Å². The Morgan fingerprint density at radius 3 is 2.53 bits per heavy atom. The summed E-state index contributed by atoms with van der Waals surface area (Å²) in [5.41, 5.74) is 1.70. The highest BCUT2D eigenvalue weighted by Crippen LogP contribution is 2.25. The normalized spacial score (nSPS) is 16.6. The smallest absolute Gasteiger partial charge is 0.228 e. The number of aromatic amines is 1. The van der Waals surface area contributed by atoms with Crippen LogP contribution in [-0.4, -0.2) is 47.1 Å². The van der Waals surface area contributed by atoms with E-state index in [0.29, 0.717) is 0 Å². The van der Waals surface area contributed by atoms with Gasteiger partial charge in [-0.3, -0.25) is 0 Å². The lowest BCUT2D eigenvalue weighted by molar-refractivity contribution is 0.726. The Kier molecular flexibility index (Phi) is 3.23. The molecule has 2 aromatic rings. The Bertz CT molecular complexity index is 553. The molecule has 0 aliphatic carbocycles. The predicted molar refractivity (Wildman–Crippen MR) is 76.7 cm³/mol. The van der Waals surface area contributed by atoms with Crippen LogP contribution in [0.5, 0.6) is 0 Å². The van der Waals surface area contributed by atoms with Crippen molar-refractivity contribution in [1.29, 1.82) is 0 Å². The molecular weight excluding hydrogens is 240 g/mol. The molecule has 3 heterocycles. The molecule has 0 spiro atoms.